The van der Waals surface area contributed by atoms with Gasteiger partial charge in [0.05, 0.1) is 0 Å². The molecule has 0 saturated carbocycles. The number of benzene rings is 2. The Bertz CT molecular complexity index is 581. The molecule has 0 unspecified atom stereocenters. The van der Waals surface area contributed by atoms with E-state index in [0.717, 1.165) is 19.5 Å². The van der Waals surface area contributed by atoms with Crippen LogP contribution in [0.4, 0.5) is 11.4 Å². The second-order valence-corrected chi connectivity index (χ2v) is 6.27. The van der Waals surface area contributed by atoms with Crippen molar-refractivity contribution < 1.29 is 0 Å². The van der Waals surface area contributed by atoms with E-state index in [1.54, 1.807) is 0 Å². The minimum Gasteiger partial charge on any atom is -0.341 e. The molecule has 0 bridgehead atoms. The van der Waals surface area contributed by atoms with Crippen LogP contribution in [-0.2, 0) is 5.41 Å². The maximum absolute atomic E-state index is 3.24. The van der Waals surface area contributed by atoms with Crippen molar-refractivity contribution in [2.45, 2.75) is 25.7 Å². The average molecular weight is 280 g/mol. The maximum atomic E-state index is 3.24. The predicted molar refractivity (Wildman–Crippen MR) is 90.6 cm³/mol. The molecule has 1 heterocycles. The lowest BCUT2D eigenvalue weighted by Crippen LogP contribution is -2.34. The molecule has 110 valence electrons. The molecule has 0 fully saturated rings. The van der Waals surface area contributed by atoms with E-state index < -0.39 is 0 Å². The van der Waals surface area contributed by atoms with E-state index in [2.05, 4.69) is 72.6 Å². The summed E-state index contributed by atoms with van der Waals surface area (Å²) in [5, 5.41) is 3.24. The van der Waals surface area contributed by atoms with Crippen LogP contribution in [0, 0.1) is 0 Å². The van der Waals surface area contributed by atoms with Crippen LogP contribution in [0.5, 0.6) is 0 Å². The molecule has 0 aliphatic carbocycles. The fourth-order valence-electron chi connectivity index (χ4n) is 3.40. The van der Waals surface area contributed by atoms with Crippen molar-refractivity contribution in [2.75, 3.05) is 25.0 Å². The molecule has 21 heavy (non-hydrogen) atoms. The summed E-state index contributed by atoms with van der Waals surface area (Å²) in [4.78, 5) is 2.48. The van der Waals surface area contributed by atoms with Gasteiger partial charge in [-0.3, -0.25) is 0 Å². The van der Waals surface area contributed by atoms with E-state index in [-0.39, 0.29) is 5.41 Å². The first-order valence-electron chi connectivity index (χ1n) is 7.77. The van der Waals surface area contributed by atoms with Gasteiger partial charge in [0.25, 0.3) is 0 Å². The molecule has 1 aliphatic heterocycles. The van der Waals surface area contributed by atoms with Gasteiger partial charge in [-0.25, -0.2) is 0 Å². The van der Waals surface area contributed by atoms with Gasteiger partial charge in [-0.2, -0.15) is 0 Å². The third-order valence-electron chi connectivity index (χ3n) is 4.54. The van der Waals surface area contributed by atoms with Gasteiger partial charge in [-0.1, -0.05) is 50.2 Å². The molecule has 2 aromatic carbocycles. The highest BCUT2D eigenvalue weighted by Gasteiger charge is 2.35. The van der Waals surface area contributed by atoms with Crippen molar-refractivity contribution in [3.05, 3.63) is 59.7 Å². The van der Waals surface area contributed by atoms with Crippen LogP contribution in [0.3, 0.4) is 0 Å². The summed E-state index contributed by atoms with van der Waals surface area (Å²) in [7, 11) is 2.02. The van der Waals surface area contributed by atoms with Crippen LogP contribution in [-0.4, -0.2) is 20.1 Å². The standard InChI is InChI=1S/C19H24N2/c1-19(2)15-9-4-6-11-17(15)21(14-8-13-20-3)18-12-7-5-10-16(18)19/h4-7,9-12,20H,8,13-14H2,1-3H3. The third-order valence-corrected chi connectivity index (χ3v) is 4.54. The Labute approximate surface area is 127 Å². The predicted octanol–water partition coefficient (Wildman–Crippen LogP) is 4.07. The Morgan fingerprint density at radius 3 is 1.95 bits per heavy atom. The highest BCUT2D eigenvalue weighted by atomic mass is 15.1. The van der Waals surface area contributed by atoms with Crippen LogP contribution >= 0.6 is 0 Å². The summed E-state index contributed by atoms with van der Waals surface area (Å²) in [6.07, 6.45) is 1.14. The van der Waals surface area contributed by atoms with E-state index in [4.69, 9.17) is 0 Å². The fourth-order valence-corrected chi connectivity index (χ4v) is 3.40. The highest BCUT2D eigenvalue weighted by molar-refractivity contribution is 5.77. The SMILES string of the molecule is CNCCCN1c2ccccc2C(C)(C)c2ccccc21. The van der Waals surface area contributed by atoms with Crippen LogP contribution in [0.25, 0.3) is 0 Å². The molecular formula is C19H24N2. The quantitative estimate of drug-likeness (QED) is 0.849. The molecule has 3 rings (SSSR count). The number of para-hydroxylation sites is 2. The summed E-state index contributed by atoms with van der Waals surface area (Å²) >= 11 is 0. The molecule has 2 nitrogen and oxygen atoms in total. The molecule has 1 aliphatic rings. The van der Waals surface area contributed by atoms with E-state index in [9.17, 15) is 0 Å². The molecule has 2 aromatic rings. The fraction of sp³-hybridized carbons (Fsp3) is 0.368. The Hall–Kier alpha value is -1.80. The van der Waals surface area contributed by atoms with Crippen molar-refractivity contribution in [3.63, 3.8) is 0 Å². The highest BCUT2D eigenvalue weighted by Crippen LogP contribution is 2.48. The molecule has 0 amide bonds. The molecule has 1 N–H and O–H groups in total. The maximum Gasteiger partial charge on any atom is 0.0452 e. The molecule has 2 heteroatoms. The number of nitrogens with one attached hydrogen (secondary N) is 1. The minimum atomic E-state index is 0.0622. The number of anilines is 2. The summed E-state index contributed by atoms with van der Waals surface area (Å²) in [5.41, 5.74) is 5.63. The molecular weight excluding hydrogens is 256 g/mol. The lowest BCUT2D eigenvalue weighted by molar-refractivity contribution is 0.618. The van der Waals surface area contributed by atoms with E-state index in [1.807, 2.05) is 7.05 Å². The molecule has 0 spiro atoms. The van der Waals surface area contributed by atoms with E-state index in [1.165, 1.54) is 22.5 Å². The summed E-state index contributed by atoms with van der Waals surface area (Å²) in [6, 6.07) is 17.7. The first-order valence-corrected chi connectivity index (χ1v) is 7.77. The van der Waals surface area contributed by atoms with Gasteiger partial charge in [-0.15, -0.1) is 0 Å². The van der Waals surface area contributed by atoms with Crippen molar-refractivity contribution in [1.29, 1.82) is 0 Å². The Morgan fingerprint density at radius 2 is 1.43 bits per heavy atom. The Morgan fingerprint density at radius 1 is 0.905 bits per heavy atom. The number of hydrogen-bond acceptors (Lipinski definition) is 2. The summed E-state index contributed by atoms with van der Waals surface area (Å²) in [5.74, 6) is 0. The zero-order valence-corrected chi connectivity index (χ0v) is 13.2. The van der Waals surface area contributed by atoms with Gasteiger partial charge in [0.1, 0.15) is 0 Å². The number of nitrogens with zero attached hydrogens (tertiary/aromatic N) is 1. The third kappa shape index (κ3) is 2.34. The first kappa shape index (κ1) is 14.2. The van der Waals surface area contributed by atoms with Crippen molar-refractivity contribution in [3.8, 4) is 0 Å². The average Bonchev–Trinajstić information content (AvgIpc) is 2.51. The van der Waals surface area contributed by atoms with Gasteiger partial charge in [0.2, 0.25) is 0 Å². The van der Waals surface area contributed by atoms with Crippen LogP contribution < -0.4 is 10.2 Å². The summed E-state index contributed by atoms with van der Waals surface area (Å²) in [6.45, 7) is 6.75. The van der Waals surface area contributed by atoms with Crippen LogP contribution in [0.15, 0.2) is 48.5 Å². The first-order chi connectivity index (χ1) is 10.2. The molecule has 0 radical (unpaired) electrons. The van der Waals surface area contributed by atoms with E-state index >= 15 is 0 Å². The van der Waals surface area contributed by atoms with Crippen molar-refractivity contribution in [2.24, 2.45) is 0 Å². The second kappa shape index (κ2) is 5.53. The minimum absolute atomic E-state index is 0.0622. The number of fused-ring (bicyclic) bond motifs is 2. The smallest absolute Gasteiger partial charge is 0.0452 e. The lowest BCUT2D eigenvalue weighted by atomic mass is 9.73. The summed E-state index contributed by atoms with van der Waals surface area (Å²) < 4.78 is 0. The zero-order valence-electron chi connectivity index (χ0n) is 13.2. The van der Waals surface area contributed by atoms with Crippen LogP contribution in [0.2, 0.25) is 0 Å². The van der Waals surface area contributed by atoms with Gasteiger partial charge in [-0.05, 0) is 43.3 Å². The monoisotopic (exact) mass is 280 g/mol. The topological polar surface area (TPSA) is 15.3 Å². The number of rotatable bonds is 4. The van der Waals surface area contributed by atoms with E-state index in [0.29, 0.717) is 0 Å². The van der Waals surface area contributed by atoms with Crippen molar-refractivity contribution >= 4 is 11.4 Å². The zero-order chi connectivity index (χ0) is 14.9. The Balaban J connectivity index is 2.10. The van der Waals surface area contributed by atoms with Gasteiger partial charge >= 0.3 is 0 Å². The molecule has 0 atom stereocenters. The normalized spacial score (nSPS) is 15.5. The second-order valence-electron chi connectivity index (χ2n) is 6.27. The molecule has 0 aromatic heterocycles. The van der Waals surface area contributed by atoms with Crippen molar-refractivity contribution in [1.82, 2.24) is 5.32 Å². The number of hydrogen-bond donors (Lipinski definition) is 1. The molecule has 0 saturated heterocycles. The Kier molecular flexibility index (Phi) is 3.73. The van der Waals surface area contributed by atoms with Gasteiger partial charge in [0, 0.05) is 23.3 Å². The van der Waals surface area contributed by atoms with Gasteiger partial charge < -0.3 is 10.2 Å². The lowest BCUT2D eigenvalue weighted by Gasteiger charge is -2.42. The largest absolute Gasteiger partial charge is 0.341 e. The van der Waals surface area contributed by atoms with Gasteiger partial charge in [0.15, 0.2) is 0 Å². The van der Waals surface area contributed by atoms with Crippen LogP contribution in [0.1, 0.15) is 31.4 Å².